The first-order valence-electron chi connectivity index (χ1n) is 25.5. The predicted octanol–water partition coefficient (Wildman–Crippen LogP) is 9.03. The molecular weight excluding hydrogens is 949 g/mol. The van der Waals surface area contributed by atoms with E-state index in [1.807, 2.05) is 36.4 Å². The van der Waals surface area contributed by atoms with Crippen molar-refractivity contribution in [1.82, 2.24) is 0 Å². The normalized spacial score (nSPS) is 18.9. The lowest BCUT2D eigenvalue weighted by molar-refractivity contribution is -0.941. The van der Waals surface area contributed by atoms with Crippen molar-refractivity contribution in [3.8, 4) is 57.5 Å². The number of nitrogens with zero attached hydrogens (tertiary/aromatic N) is 2. The number of allylic oxidation sites excluding steroid dienone is 2. The zero-order valence-electron chi connectivity index (χ0n) is 45.9. The Labute approximate surface area is 438 Å². The molecule has 2 heterocycles. The Balaban J connectivity index is 0.967. The number of carbonyl (C=O) groups excluding carboxylic acids is 2. The molecule has 0 radical (unpaired) electrons. The summed E-state index contributed by atoms with van der Waals surface area (Å²) in [5.74, 6) is 5.81. The molecule has 404 valence electrons. The van der Waals surface area contributed by atoms with Crippen LogP contribution in [-0.2, 0) is 44.7 Å². The summed E-state index contributed by atoms with van der Waals surface area (Å²) in [6.45, 7) is 4.02. The van der Waals surface area contributed by atoms with Gasteiger partial charge in [-0.3, -0.25) is 9.59 Å². The van der Waals surface area contributed by atoms with Gasteiger partial charge in [0.05, 0.1) is 125 Å². The number of esters is 2. The van der Waals surface area contributed by atoms with Crippen LogP contribution in [0.5, 0.6) is 57.5 Å². The molecule has 0 aliphatic carbocycles. The number of fused-ring (bicyclic) bond motifs is 2. The average Bonchev–Trinajstić information content (AvgIpc) is 3.42. The van der Waals surface area contributed by atoms with E-state index in [1.165, 1.54) is 22.3 Å². The van der Waals surface area contributed by atoms with Crippen LogP contribution in [0.2, 0.25) is 0 Å². The molecule has 0 bridgehead atoms. The zero-order valence-corrected chi connectivity index (χ0v) is 45.9. The van der Waals surface area contributed by atoms with Gasteiger partial charge in [-0.1, -0.05) is 12.2 Å². The average molecular weight is 1030 g/mol. The zero-order chi connectivity index (χ0) is 53.4. The molecule has 4 aromatic rings. The van der Waals surface area contributed by atoms with Crippen LogP contribution in [0.1, 0.15) is 84.0 Å². The van der Waals surface area contributed by atoms with Gasteiger partial charge in [-0.25, -0.2) is 0 Å². The molecule has 4 atom stereocenters. The maximum Gasteiger partial charge on any atom is 0.306 e. The summed E-state index contributed by atoms with van der Waals surface area (Å²) in [7, 11) is 20.9. The number of carbonyl (C=O) groups is 2. The third-order valence-electron chi connectivity index (χ3n) is 15.0. The minimum absolute atomic E-state index is 0.0551. The molecule has 0 unspecified atom stereocenters. The van der Waals surface area contributed by atoms with E-state index in [4.69, 9.17) is 56.8 Å². The molecule has 2 aliphatic heterocycles. The summed E-state index contributed by atoms with van der Waals surface area (Å²) in [4.78, 5) is 25.7. The molecule has 2 aliphatic rings. The molecule has 6 rings (SSSR count). The number of hydrogen-bond acceptors (Lipinski definition) is 14. The monoisotopic (exact) mass is 1030 g/mol. The Morgan fingerprint density at radius 2 is 0.784 bits per heavy atom. The second-order valence-corrected chi connectivity index (χ2v) is 19.4. The van der Waals surface area contributed by atoms with Gasteiger partial charge >= 0.3 is 11.9 Å². The van der Waals surface area contributed by atoms with E-state index < -0.39 is 0 Å². The minimum Gasteiger partial charge on any atom is -0.493 e. The van der Waals surface area contributed by atoms with Crippen LogP contribution in [0, 0.1) is 0 Å². The van der Waals surface area contributed by atoms with Crippen molar-refractivity contribution in [2.45, 2.75) is 76.3 Å². The quantitative estimate of drug-likeness (QED) is 0.0231. The Morgan fingerprint density at radius 3 is 1.09 bits per heavy atom. The van der Waals surface area contributed by atoms with Gasteiger partial charge in [0.25, 0.3) is 0 Å². The van der Waals surface area contributed by atoms with Gasteiger partial charge in [0, 0.05) is 62.5 Å². The number of ether oxygens (including phenoxy) is 12. The van der Waals surface area contributed by atoms with E-state index in [0.717, 1.165) is 59.1 Å². The van der Waals surface area contributed by atoms with Gasteiger partial charge < -0.3 is 65.8 Å². The van der Waals surface area contributed by atoms with Gasteiger partial charge in [-0.2, -0.15) is 0 Å². The highest BCUT2D eigenvalue weighted by Crippen LogP contribution is 2.47. The molecule has 16 heteroatoms. The van der Waals surface area contributed by atoms with Crippen molar-refractivity contribution >= 4 is 11.9 Å². The van der Waals surface area contributed by atoms with Crippen molar-refractivity contribution in [1.29, 1.82) is 0 Å². The van der Waals surface area contributed by atoms with Crippen molar-refractivity contribution < 1.29 is 75.4 Å². The lowest BCUT2D eigenvalue weighted by atomic mass is 9.86. The third kappa shape index (κ3) is 13.4. The van der Waals surface area contributed by atoms with Crippen LogP contribution in [0.4, 0.5) is 0 Å². The summed E-state index contributed by atoms with van der Waals surface area (Å²) in [6.07, 6.45) is 9.94. The topological polar surface area (TPSA) is 145 Å². The first kappa shape index (κ1) is 56.8. The molecule has 4 aromatic carbocycles. The molecule has 0 amide bonds. The predicted molar refractivity (Wildman–Crippen MR) is 282 cm³/mol. The number of likely N-dealkylation sites (N-methyl/N-ethyl adjacent to an activating group) is 2. The van der Waals surface area contributed by atoms with Crippen molar-refractivity contribution in [3.63, 3.8) is 0 Å². The first-order valence-corrected chi connectivity index (χ1v) is 25.5. The molecule has 0 N–H and O–H groups in total. The fourth-order valence-corrected chi connectivity index (χ4v) is 10.8. The molecule has 0 saturated heterocycles. The minimum atomic E-state index is -0.246. The van der Waals surface area contributed by atoms with Crippen LogP contribution in [0.25, 0.3) is 0 Å². The van der Waals surface area contributed by atoms with Crippen molar-refractivity contribution in [3.05, 3.63) is 94.1 Å². The van der Waals surface area contributed by atoms with Crippen LogP contribution >= 0.6 is 0 Å². The molecule has 0 spiro atoms. The van der Waals surface area contributed by atoms with Gasteiger partial charge in [0.1, 0.15) is 12.1 Å². The largest absolute Gasteiger partial charge is 0.493 e. The second kappa shape index (κ2) is 26.6. The summed E-state index contributed by atoms with van der Waals surface area (Å²) in [5.41, 5.74) is 6.93. The lowest BCUT2D eigenvalue weighted by Gasteiger charge is -2.46. The number of rotatable bonds is 28. The molecule has 0 aromatic heterocycles. The van der Waals surface area contributed by atoms with Gasteiger partial charge in [-0.05, 0) is 83.6 Å². The van der Waals surface area contributed by atoms with E-state index >= 15 is 0 Å². The van der Waals surface area contributed by atoms with E-state index in [9.17, 15) is 9.59 Å². The van der Waals surface area contributed by atoms with Crippen LogP contribution in [0.3, 0.4) is 0 Å². The first-order chi connectivity index (χ1) is 35.7. The fraction of sp³-hybridized carbons (Fsp3) is 0.517. The smallest absolute Gasteiger partial charge is 0.306 e. The van der Waals surface area contributed by atoms with Crippen molar-refractivity contribution in [2.24, 2.45) is 0 Å². The summed E-state index contributed by atoms with van der Waals surface area (Å²) < 4.78 is 69.8. The lowest BCUT2D eigenvalue weighted by Crippen LogP contribution is -2.52. The fourth-order valence-electron chi connectivity index (χ4n) is 10.8. The van der Waals surface area contributed by atoms with E-state index in [2.05, 4.69) is 38.4 Å². The SMILES string of the molecule is COc1cc2c(cc1OC)[C@@H](Cc1cc(OC)c(OC)c(OC)c1)[N@+](C)(CCCOC(=O)CCC=CCCC(=O)OCCC[N@+]1(C)CCc3cc(OC)c(OC)cc3[C@H]1Cc1cc(OC)c(OC)c(OC)c1)CC2. The molecule has 0 fully saturated rings. The number of quaternary nitrogens is 2. The van der Waals surface area contributed by atoms with Crippen LogP contribution < -0.4 is 47.4 Å². The highest BCUT2D eigenvalue weighted by atomic mass is 16.6. The van der Waals surface area contributed by atoms with E-state index in [0.29, 0.717) is 109 Å². The maximum atomic E-state index is 12.9. The summed E-state index contributed by atoms with van der Waals surface area (Å²) in [5, 5.41) is 0. The van der Waals surface area contributed by atoms with E-state index in [-0.39, 0.29) is 36.9 Å². The van der Waals surface area contributed by atoms with Gasteiger partial charge in [0.2, 0.25) is 11.5 Å². The van der Waals surface area contributed by atoms with Crippen LogP contribution in [-0.4, -0.2) is 145 Å². The molecule has 74 heavy (non-hydrogen) atoms. The van der Waals surface area contributed by atoms with Crippen LogP contribution in [0.15, 0.2) is 60.7 Å². The Bertz CT molecular complexity index is 2340. The Morgan fingerprint density at radius 1 is 0.459 bits per heavy atom. The highest BCUT2D eigenvalue weighted by molar-refractivity contribution is 5.70. The standard InChI is InChI=1S/C58H80N2O14/c1-59(25-21-41-35-47(63-3)49(65-5)37-43(41)45(59)29-39-31-51(67-7)57(71-11)52(32-39)68-8)23-17-27-73-55(61)19-15-13-14-16-20-56(62)74-28-18-24-60(2)26-22-42-36-48(64-4)50(66-6)38-44(42)46(60)30-40-33-53(69-9)58(72-12)54(34-40)70-10/h13-14,31-38,45-46H,15-30H2,1-12H3/q+2/t45-,46-,59-,60-/m1/s1. The molecular formula is C58H80N2O14+2. The highest BCUT2D eigenvalue weighted by Gasteiger charge is 2.42. The number of methoxy groups -OCH3 is 10. The summed E-state index contributed by atoms with van der Waals surface area (Å²) in [6, 6.07) is 16.5. The summed E-state index contributed by atoms with van der Waals surface area (Å²) >= 11 is 0. The van der Waals surface area contributed by atoms with Crippen molar-refractivity contribution in [2.75, 3.05) is 125 Å². The Kier molecular flexibility index (Phi) is 20.4. The maximum absolute atomic E-state index is 12.9. The number of benzene rings is 4. The second-order valence-electron chi connectivity index (χ2n) is 19.4. The van der Waals surface area contributed by atoms with E-state index in [1.54, 1.807) is 71.1 Å². The molecule has 16 nitrogen and oxygen atoms in total. The third-order valence-corrected chi connectivity index (χ3v) is 15.0. The molecule has 0 saturated carbocycles. The Hall–Kier alpha value is -6.52. The van der Waals surface area contributed by atoms with Gasteiger partial charge in [-0.15, -0.1) is 0 Å². The van der Waals surface area contributed by atoms with Gasteiger partial charge in [0.15, 0.2) is 46.0 Å². The number of hydrogen-bond donors (Lipinski definition) is 0.